The number of allylic oxidation sites excluding steroid dienone is 2. The molecule has 0 saturated heterocycles. The van der Waals surface area contributed by atoms with Gasteiger partial charge in [-0.1, -0.05) is 24.3 Å². The van der Waals surface area contributed by atoms with Crippen molar-refractivity contribution >= 4 is 15.7 Å². The molecule has 2 aliphatic rings. The Labute approximate surface area is 136 Å². The predicted octanol–water partition coefficient (Wildman–Crippen LogP) is 1.88. The number of alkyl halides is 3. The van der Waals surface area contributed by atoms with E-state index < -0.39 is 33.5 Å². The third-order valence-electron chi connectivity index (χ3n) is 3.85. The number of sulfone groups is 1. The molecule has 128 valence electrons. The largest absolute Gasteiger partial charge is 0.440 e. The Morgan fingerprint density at radius 2 is 1.88 bits per heavy atom. The quantitative estimate of drug-likeness (QED) is 0.896. The molecule has 1 aromatic carbocycles. The van der Waals surface area contributed by atoms with Gasteiger partial charge in [0.2, 0.25) is 0 Å². The highest BCUT2D eigenvalue weighted by molar-refractivity contribution is 7.91. The van der Waals surface area contributed by atoms with Crippen LogP contribution in [0, 0.1) is 0 Å². The number of hydrogen-bond acceptors (Lipinski definition) is 5. The van der Waals surface area contributed by atoms with E-state index in [9.17, 15) is 26.7 Å². The Balaban J connectivity index is 2.02. The van der Waals surface area contributed by atoms with Gasteiger partial charge in [-0.25, -0.2) is 13.4 Å². The molecule has 0 fully saturated rings. The highest BCUT2D eigenvalue weighted by Crippen LogP contribution is 2.42. The summed E-state index contributed by atoms with van der Waals surface area (Å²) in [4.78, 5) is 4.27. The minimum atomic E-state index is -5.12. The van der Waals surface area contributed by atoms with E-state index in [1.165, 1.54) is 48.7 Å². The van der Waals surface area contributed by atoms with Gasteiger partial charge in [0.1, 0.15) is 11.9 Å². The normalized spacial score (nSPS) is 26.4. The molecule has 0 amide bonds. The zero-order valence-corrected chi connectivity index (χ0v) is 13.0. The van der Waals surface area contributed by atoms with Crippen molar-refractivity contribution in [3.63, 3.8) is 0 Å². The summed E-state index contributed by atoms with van der Waals surface area (Å²) in [5, 5.41) is 10.1. The first-order valence-electron chi connectivity index (χ1n) is 6.95. The van der Waals surface area contributed by atoms with Gasteiger partial charge in [0.25, 0.3) is 5.72 Å². The van der Waals surface area contributed by atoms with Crippen LogP contribution in [0.25, 0.3) is 0 Å². The number of benzene rings is 1. The van der Waals surface area contributed by atoms with E-state index in [4.69, 9.17) is 0 Å². The van der Waals surface area contributed by atoms with Crippen LogP contribution in [0.2, 0.25) is 0 Å². The van der Waals surface area contributed by atoms with Crippen LogP contribution >= 0.6 is 0 Å². The number of nitrogens with zero attached hydrogens (tertiary/aromatic N) is 2. The lowest BCUT2D eigenvalue weighted by Gasteiger charge is -2.33. The van der Waals surface area contributed by atoms with Gasteiger partial charge in [0.15, 0.2) is 9.84 Å². The Kier molecular flexibility index (Phi) is 3.80. The van der Waals surface area contributed by atoms with Crippen molar-refractivity contribution in [3.05, 3.63) is 54.8 Å². The summed E-state index contributed by atoms with van der Waals surface area (Å²) in [6.07, 6.45) is 0.346. The number of aliphatic imine (C=N–C) groups is 1. The predicted molar refractivity (Wildman–Crippen MR) is 80.8 cm³/mol. The van der Waals surface area contributed by atoms with Gasteiger partial charge in [-0.2, -0.15) is 13.2 Å². The number of aliphatic hydroxyl groups is 1. The molecule has 0 aliphatic carbocycles. The summed E-state index contributed by atoms with van der Waals surface area (Å²) in [6.45, 7) is 0. The van der Waals surface area contributed by atoms with E-state index in [1.54, 1.807) is 6.07 Å². The summed E-state index contributed by atoms with van der Waals surface area (Å²) in [6, 6.07) is 5.33. The second kappa shape index (κ2) is 5.45. The van der Waals surface area contributed by atoms with Crippen molar-refractivity contribution in [2.75, 3.05) is 5.75 Å². The zero-order chi connectivity index (χ0) is 17.6. The smallest absolute Gasteiger partial charge is 0.360 e. The number of fused-ring (bicyclic) bond motifs is 1. The Bertz CT molecular complexity index is 831. The standard InChI is InChI=1S/C15H13F3N2O3S/c16-15(17,18)14(21)12(20-9-5-4-8-13(20)19-14)10-24(22,23)11-6-2-1-3-7-11/h1-9,12,21H,10H2. The van der Waals surface area contributed by atoms with Gasteiger partial charge in [-0.3, -0.25) is 0 Å². The maximum absolute atomic E-state index is 13.4. The average Bonchev–Trinajstić information content (AvgIpc) is 2.81. The first kappa shape index (κ1) is 16.7. The molecule has 0 aromatic heterocycles. The molecule has 2 heterocycles. The summed E-state index contributed by atoms with van der Waals surface area (Å²) in [7, 11) is -4.06. The first-order valence-corrected chi connectivity index (χ1v) is 8.60. The molecule has 0 bridgehead atoms. The summed E-state index contributed by atoms with van der Waals surface area (Å²) >= 11 is 0. The maximum atomic E-state index is 13.4. The van der Waals surface area contributed by atoms with Crippen LogP contribution in [0.5, 0.6) is 0 Å². The Hall–Kier alpha value is -2.13. The minimum absolute atomic E-state index is 0.112. The van der Waals surface area contributed by atoms with E-state index >= 15 is 0 Å². The molecule has 0 saturated carbocycles. The molecule has 0 radical (unpaired) electrons. The van der Waals surface area contributed by atoms with Crippen molar-refractivity contribution in [1.82, 2.24) is 4.90 Å². The molecule has 2 unspecified atom stereocenters. The molecule has 3 rings (SSSR count). The fourth-order valence-corrected chi connectivity index (χ4v) is 4.20. The van der Waals surface area contributed by atoms with Crippen LogP contribution in [0.15, 0.2) is 64.6 Å². The van der Waals surface area contributed by atoms with E-state index in [2.05, 4.69) is 4.99 Å². The molecule has 1 N–H and O–H groups in total. The lowest BCUT2D eigenvalue weighted by Crippen LogP contribution is -2.57. The number of halogens is 3. The van der Waals surface area contributed by atoms with Crippen LogP contribution in [0.4, 0.5) is 13.2 Å². The van der Waals surface area contributed by atoms with Gasteiger partial charge in [-0.05, 0) is 24.3 Å². The van der Waals surface area contributed by atoms with Crippen LogP contribution < -0.4 is 0 Å². The molecule has 1 aromatic rings. The second-order valence-electron chi connectivity index (χ2n) is 5.41. The molecular weight excluding hydrogens is 345 g/mol. The minimum Gasteiger partial charge on any atom is -0.360 e. The topological polar surface area (TPSA) is 70.0 Å². The molecule has 9 heteroatoms. The molecule has 2 aliphatic heterocycles. The van der Waals surface area contributed by atoms with E-state index in [0.717, 1.165) is 4.90 Å². The number of rotatable bonds is 3. The van der Waals surface area contributed by atoms with Gasteiger partial charge < -0.3 is 10.0 Å². The number of hydrogen-bond donors (Lipinski definition) is 1. The zero-order valence-electron chi connectivity index (χ0n) is 12.2. The third kappa shape index (κ3) is 2.63. The Morgan fingerprint density at radius 1 is 1.21 bits per heavy atom. The lowest BCUT2D eigenvalue weighted by molar-refractivity contribution is -0.264. The molecular formula is C15H13F3N2O3S. The first-order chi connectivity index (χ1) is 11.2. The van der Waals surface area contributed by atoms with Crippen molar-refractivity contribution in [2.24, 2.45) is 4.99 Å². The van der Waals surface area contributed by atoms with Crippen LogP contribution in [-0.2, 0) is 9.84 Å². The van der Waals surface area contributed by atoms with Crippen LogP contribution in [-0.4, -0.2) is 48.0 Å². The van der Waals surface area contributed by atoms with Gasteiger partial charge >= 0.3 is 6.18 Å². The fourth-order valence-electron chi connectivity index (χ4n) is 2.63. The highest BCUT2D eigenvalue weighted by atomic mass is 32.2. The molecule has 5 nitrogen and oxygen atoms in total. The highest BCUT2D eigenvalue weighted by Gasteiger charge is 2.65. The SMILES string of the molecule is O=S(=O)(CC1N2C=CC=CC2=NC1(O)C(F)(F)F)c1ccccc1. The molecule has 0 spiro atoms. The molecule has 2 atom stereocenters. The van der Waals surface area contributed by atoms with Crippen molar-refractivity contribution in [1.29, 1.82) is 0 Å². The maximum Gasteiger partial charge on any atom is 0.440 e. The van der Waals surface area contributed by atoms with E-state index in [-0.39, 0.29) is 10.7 Å². The van der Waals surface area contributed by atoms with Gasteiger partial charge in [0.05, 0.1) is 10.6 Å². The van der Waals surface area contributed by atoms with Gasteiger partial charge in [0, 0.05) is 6.20 Å². The average molecular weight is 358 g/mol. The third-order valence-corrected chi connectivity index (χ3v) is 5.59. The van der Waals surface area contributed by atoms with Crippen LogP contribution in [0.1, 0.15) is 0 Å². The van der Waals surface area contributed by atoms with E-state index in [0.29, 0.717) is 0 Å². The van der Waals surface area contributed by atoms with Gasteiger partial charge in [-0.15, -0.1) is 0 Å². The van der Waals surface area contributed by atoms with E-state index in [1.807, 2.05) is 0 Å². The van der Waals surface area contributed by atoms with Crippen LogP contribution in [0.3, 0.4) is 0 Å². The summed E-state index contributed by atoms with van der Waals surface area (Å²) in [5.74, 6) is -1.07. The second-order valence-corrected chi connectivity index (χ2v) is 7.45. The summed E-state index contributed by atoms with van der Waals surface area (Å²) in [5.41, 5.74) is -3.50. The van der Waals surface area contributed by atoms with Crippen molar-refractivity contribution < 1.29 is 26.7 Å². The molecule has 24 heavy (non-hydrogen) atoms. The van der Waals surface area contributed by atoms with Crippen molar-refractivity contribution in [2.45, 2.75) is 22.8 Å². The van der Waals surface area contributed by atoms with Crippen molar-refractivity contribution in [3.8, 4) is 0 Å². The monoisotopic (exact) mass is 358 g/mol. The number of amidine groups is 1. The lowest BCUT2D eigenvalue weighted by atomic mass is 10.1. The fraction of sp³-hybridized carbons (Fsp3) is 0.267. The summed E-state index contributed by atoms with van der Waals surface area (Å²) < 4.78 is 65.1. The Morgan fingerprint density at radius 3 is 2.50 bits per heavy atom.